The van der Waals surface area contributed by atoms with Crippen molar-refractivity contribution in [2.75, 3.05) is 37.7 Å². The highest BCUT2D eigenvalue weighted by Crippen LogP contribution is 2.34. The highest BCUT2D eigenvalue weighted by molar-refractivity contribution is 5.95. The molecule has 0 aromatic heterocycles. The Morgan fingerprint density at radius 1 is 1.15 bits per heavy atom. The van der Waals surface area contributed by atoms with Crippen LogP contribution in [0.3, 0.4) is 0 Å². The predicted molar refractivity (Wildman–Crippen MR) is 123 cm³/mol. The SMILES string of the molecule is CCOC(=O)C1=C(CN2C[C@H](C(=O)N3CCCCC3)Oc3ccccc32)NC(=O)N[C@@H]1CC. The molecule has 3 amide bonds. The van der Waals surface area contributed by atoms with Crippen molar-refractivity contribution in [1.82, 2.24) is 15.5 Å². The minimum Gasteiger partial charge on any atom is -0.477 e. The Morgan fingerprint density at radius 2 is 1.91 bits per heavy atom. The molecule has 3 heterocycles. The van der Waals surface area contributed by atoms with Crippen LogP contribution < -0.4 is 20.3 Å². The maximum absolute atomic E-state index is 13.2. The first kappa shape index (κ1) is 22.9. The first-order chi connectivity index (χ1) is 16.0. The summed E-state index contributed by atoms with van der Waals surface area (Å²) in [5.41, 5.74) is 1.73. The zero-order valence-corrected chi connectivity index (χ0v) is 19.3. The molecule has 1 aromatic rings. The van der Waals surface area contributed by atoms with Crippen LogP contribution in [0.1, 0.15) is 39.5 Å². The predicted octanol–water partition coefficient (Wildman–Crippen LogP) is 2.18. The third-order valence-corrected chi connectivity index (χ3v) is 6.30. The highest BCUT2D eigenvalue weighted by Gasteiger charge is 2.37. The van der Waals surface area contributed by atoms with Crippen molar-refractivity contribution in [3.63, 3.8) is 0 Å². The summed E-state index contributed by atoms with van der Waals surface area (Å²) in [4.78, 5) is 42.2. The number of hydrogen-bond acceptors (Lipinski definition) is 6. The Labute approximate surface area is 194 Å². The zero-order chi connectivity index (χ0) is 23.4. The molecule has 0 aliphatic carbocycles. The molecule has 1 fully saturated rings. The summed E-state index contributed by atoms with van der Waals surface area (Å²) < 4.78 is 11.4. The molecule has 2 atom stereocenters. The largest absolute Gasteiger partial charge is 0.477 e. The van der Waals surface area contributed by atoms with E-state index in [1.54, 1.807) is 6.92 Å². The van der Waals surface area contributed by atoms with Gasteiger partial charge in [0.1, 0.15) is 5.75 Å². The molecule has 4 rings (SSSR count). The molecule has 0 bridgehead atoms. The fourth-order valence-electron chi connectivity index (χ4n) is 4.68. The number of rotatable bonds is 6. The molecule has 3 aliphatic heterocycles. The standard InChI is InChI=1S/C24H32N4O5/c1-3-16-21(23(30)32-4-2)17(26-24(31)25-16)14-28-15-20(22(29)27-12-8-5-9-13-27)33-19-11-7-6-10-18(19)28/h6-7,10-11,16,20H,3-5,8-9,12-15H2,1-2H3,(H2,25,26,31)/t16-,20-/m1/s1. The lowest BCUT2D eigenvalue weighted by Crippen LogP contribution is -2.55. The minimum atomic E-state index is -0.649. The first-order valence-corrected chi connectivity index (χ1v) is 11.8. The van der Waals surface area contributed by atoms with Crippen LogP contribution in [0.5, 0.6) is 5.75 Å². The summed E-state index contributed by atoms with van der Waals surface area (Å²) in [5.74, 6) is 0.147. The third-order valence-electron chi connectivity index (χ3n) is 6.30. The quantitative estimate of drug-likeness (QED) is 0.637. The highest BCUT2D eigenvalue weighted by atomic mass is 16.5. The molecule has 1 saturated heterocycles. The molecule has 0 radical (unpaired) electrons. The molecule has 178 valence electrons. The van der Waals surface area contributed by atoms with Gasteiger partial charge in [0.2, 0.25) is 0 Å². The van der Waals surface area contributed by atoms with E-state index in [1.165, 1.54) is 0 Å². The van der Waals surface area contributed by atoms with Crippen LogP contribution in [0.4, 0.5) is 10.5 Å². The number of nitrogens with zero attached hydrogens (tertiary/aromatic N) is 2. The number of amides is 3. The number of fused-ring (bicyclic) bond motifs is 1. The van der Waals surface area contributed by atoms with Crippen molar-refractivity contribution in [2.24, 2.45) is 0 Å². The number of carbonyl (C=O) groups excluding carboxylic acids is 3. The molecule has 33 heavy (non-hydrogen) atoms. The summed E-state index contributed by atoms with van der Waals surface area (Å²) in [6.45, 7) is 5.98. The van der Waals surface area contributed by atoms with Gasteiger partial charge in [0, 0.05) is 13.1 Å². The number of ether oxygens (including phenoxy) is 2. The van der Waals surface area contributed by atoms with Crippen molar-refractivity contribution < 1.29 is 23.9 Å². The lowest BCUT2D eigenvalue weighted by molar-refractivity contribution is -0.140. The van der Waals surface area contributed by atoms with Gasteiger partial charge < -0.3 is 29.9 Å². The monoisotopic (exact) mass is 456 g/mol. The molecule has 0 spiro atoms. The summed E-state index contributed by atoms with van der Waals surface area (Å²) in [6.07, 6.45) is 3.06. The molecule has 0 saturated carbocycles. The van der Waals surface area contributed by atoms with Gasteiger partial charge in [-0.15, -0.1) is 0 Å². The Bertz CT molecular complexity index is 941. The average Bonchev–Trinajstić information content (AvgIpc) is 2.83. The van der Waals surface area contributed by atoms with E-state index in [1.807, 2.05) is 41.0 Å². The van der Waals surface area contributed by atoms with Crippen molar-refractivity contribution in [3.05, 3.63) is 35.5 Å². The van der Waals surface area contributed by atoms with E-state index in [2.05, 4.69) is 10.6 Å². The molecule has 9 nitrogen and oxygen atoms in total. The number of para-hydroxylation sites is 2. The van der Waals surface area contributed by atoms with Crippen LogP contribution in [0.15, 0.2) is 35.5 Å². The molecule has 2 N–H and O–H groups in total. The third kappa shape index (κ3) is 4.91. The summed E-state index contributed by atoms with van der Waals surface area (Å²) in [6, 6.07) is 6.74. The second-order valence-corrected chi connectivity index (χ2v) is 8.51. The van der Waals surface area contributed by atoms with Gasteiger partial charge in [0.15, 0.2) is 6.10 Å². The molecule has 0 unspecified atom stereocenters. The number of hydrogen-bond donors (Lipinski definition) is 2. The van der Waals surface area contributed by atoms with Crippen LogP contribution in [-0.2, 0) is 14.3 Å². The van der Waals surface area contributed by atoms with Crippen LogP contribution in [0, 0.1) is 0 Å². The van der Waals surface area contributed by atoms with E-state index in [9.17, 15) is 14.4 Å². The Morgan fingerprint density at radius 3 is 2.64 bits per heavy atom. The molecule has 9 heteroatoms. The van der Waals surface area contributed by atoms with E-state index in [4.69, 9.17) is 9.47 Å². The number of nitrogens with one attached hydrogen (secondary N) is 2. The van der Waals surface area contributed by atoms with E-state index in [-0.39, 0.29) is 25.1 Å². The van der Waals surface area contributed by atoms with E-state index >= 15 is 0 Å². The van der Waals surface area contributed by atoms with Crippen molar-refractivity contribution in [3.8, 4) is 5.75 Å². The van der Waals surface area contributed by atoms with Crippen LogP contribution >= 0.6 is 0 Å². The lowest BCUT2D eigenvalue weighted by Gasteiger charge is -2.39. The van der Waals surface area contributed by atoms with Gasteiger partial charge in [-0.3, -0.25) is 4.79 Å². The summed E-state index contributed by atoms with van der Waals surface area (Å²) in [7, 11) is 0. The Balaban J connectivity index is 1.64. The summed E-state index contributed by atoms with van der Waals surface area (Å²) in [5, 5.41) is 5.61. The number of piperidine rings is 1. The Kier molecular flexibility index (Phi) is 7.05. The number of benzene rings is 1. The van der Waals surface area contributed by atoms with Gasteiger partial charge in [0.05, 0.1) is 42.7 Å². The van der Waals surface area contributed by atoms with Crippen molar-refractivity contribution in [2.45, 2.75) is 51.7 Å². The van der Waals surface area contributed by atoms with Gasteiger partial charge in [-0.25, -0.2) is 9.59 Å². The Hall–Kier alpha value is -3.23. The molecule has 3 aliphatic rings. The maximum atomic E-state index is 13.2. The van der Waals surface area contributed by atoms with Crippen LogP contribution in [0.2, 0.25) is 0 Å². The van der Waals surface area contributed by atoms with Crippen LogP contribution in [0.25, 0.3) is 0 Å². The average molecular weight is 457 g/mol. The minimum absolute atomic E-state index is 0.0189. The smallest absolute Gasteiger partial charge is 0.337 e. The maximum Gasteiger partial charge on any atom is 0.337 e. The van der Waals surface area contributed by atoms with Crippen molar-refractivity contribution >= 4 is 23.6 Å². The fourth-order valence-corrected chi connectivity index (χ4v) is 4.68. The second kappa shape index (κ2) is 10.1. The molecular formula is C24H32N4O5. The molecular weight excluding hydrogens is 424 g/mol. The van der Waals surface area contributed by atoms with Gasteiger partial charge in [-0.1, -0.05) is 19.1 Å². The number of carbonyl (C=O) groups is 3. The van der Waals surface area contributed by atoms with Gasteiger partial charge in [-0.05, 0) is 44.7 Å². The number of anilines is 1. The first-order valence-electron chi connectivity index (χ1n) is 11.8. The van der Waals surface area contributed by atoms with Gasteiger partial charge in [0.25, 0.3) is 5.91 Å². The fraction of sp³-hybridized carbons (Fsp3) is 0.542. The van der Waals surface area contributed by atoms with Crippen LogP contribution in [-0.4, -0.2) is 67.7 Å². The lowest BCUT2D eigenvalue weighted by atomic mass is 9.99. The molecule has 1 aromatic carbocycles. The number of esters is 1. The topological polar surface area (TPSA) is 100 Å². The van der Waals surface area contributed by atoms with Crippen molar-refractivity contribution in [1.29, 1.82) is 0 Å². The van der Waals surface area contributed by atoms with E-state index in [0.717, 1.165) is 38.0 Å². The number of urea groups is 1. The van der Waals surface area contributed by atoms with E-state index in [0.29, 0.717) is 30.0 Å². The second-order valence-electron chi connectivity index (χ2n) is 8.51. The van der Waals surface area contributed by atoms with Gasteiger partial charge >= 0.3 is 12.0 Å². The normalized spacial score (nSPS) is 22.7. The zero-order valence-electron chi connectivity index (χ0n) is 19.3. The van der Waals surface area contributed by atoms with E-state index < -0.39 is 18.1 Å². The van der Waals surface area contributed by atoms with Gasteiger partial charge in [-0.2, -0.15) is 0 Å². The number of likely N-dealkylation sites (tertiary alicyclic amines) is 1. The summed E-state index contributed by atoms with van der Waals surface area (Å²) >= 11 is 0.